The van der Waals surface area contributed by atoms with Crippen molar-refractivity contribution in [3.8, 4) is 0 Å². The van der Waals surface area contributed by atoms with Gasteiger partial charge in [-0.1, -0.05) is 58.5 Å². The lowest BCUT2D eigenvalue weighted by Crippen LogP contribution is -2.39. The van der Waals surface area contributed by atoms with Gasteiger partial charge in [0, 0.05) is 32.9 Å². The van der Waals surface area contributed by atoms with Crippen molar-refractivity contribution in [1.82, 2.24) is 14.8 Å². The Bertz CT molecular complexity index is 846. The number of aliphatic hydroxyl groups is 1. The lowest BCUT2D eigenvalue weighted by Gasteiger charge is -2.29. The first-order valence-corrected chi connectivity index (χ1v) is 9.28. The van der Waals surface area contributed by atoms with Crippen molar-refractivity contribution in [2.75, 3.05) is 0 Å². The van der Waals surface area contributed by atoms with Crippen molar-refractivity contribution in [3.05, 3.63) is 80.3 Å². The molecule has 26 heavy (non-hydrogen) atoms. The average molecular weight is 431 g/mol. The minimum Gasteiger partial charge on any atom is -0.387 e. The Hall–Kier alpha value is -1.30. The molecular formula is C18H15Cl4N3O. The summed E-state index contributed by atoms with van der Waals surface area (Å²) < 4.78 is 1.58. The lowest BCUT2D eigenvalue weighted by atomic mass is 9.87. The molecule has 3 aromatic rings. The van der Waals surface area contributed by atoms with Gasteiger partial charge in [0.2, 0.25) is 0 Å². The smallest absolute Gasteiger partial charge is 0.137 e. The van der Waals surface area contributed by atoms with Crippen LogP contribution in [0.15, 0.2) is 49.1 Å². The summed E-state index contributed by atoms with van der Waals surface area (Å²) in [6.45, 7) is 0.227. The minimum absolute atomic E-state index is 0.227. The molecule has 1 heterocycles. The van der Waals surface area contributed by atoms with Crippen molar-refractivity contribution in [2.24, 2.45) is 0 Å². The zero-order chi connectivity index (χ0) is 18.7. The predicted molar refractivity (Wildman–Crippen MR) is 105 cm³/mol. The van der Waals surface area contributed by atoms with Gasteiger partial charge in [0.05, 0.1) is 12.1 Å². The summed E-state index contributed by atoms with van der Waals surface area (Å²) in [7, 11) is 0. The molecule has 0 aliphatic rings. The highest BCUT2D eigenvalue weighted by molar-refractivity contribution is 6.35. The van der Waals surface area contributed by atoms with Crippen molar-refractivity contribution in [3.63, 3.8) is 0 Å². The van der Waals surface area contributed by atoms with Gasteiger partial charge in [-0.15, -0.1) is 0 Å². The molecule has 3 rings (SSSR count). The summed E-state index contributed by atoms with van der Waals surface area (Å²) in [6.07, 6.45) is 3.56. The molecule has 0 bridgehead atoms. The standard InChI is InChI=1S/C18H15Cl4N3O/c19-14-3-1-12(16(21)5-14)7-18(26,9-25-11-23-10-24-25)8-13-2-4-15(20)6-17(13)22/h1-6,10-11,26H,7-9H2. The number of hydrogen-bond acceptors (Lipinski definition) is 3. The highest BCUT2D eigenvalue weighted by Gasteiger charge is 2.30. The number of hydrogen-bond donors (Lipinski definition) is 1. The number of aromatic nitrogens is 3. The quantitative estimate of drug-likeness (QED) is 0.591. The number of rotatable bonds is 6. The topological polar surface area (TPSA) is 50.9 Å². The first-order chi connectivity index (χ1) is 12.3. The Morgan fingerprint density at radius 1 is 0.885 bits per heavy atom. The van der Waals surface area contributed by atoms with Crippen LogP contribution in [0.2, 0.25) is 20.1 Å². The van der Waals surface area contributed by atoms with Gasteiger partial charge in [-0.3, -0.25) is 4.68 Å². The SMILES string of the molecule is OC(Cc1ccc(Cl)cc1Cl)(Cc1ccc(Cl)cc1Cl)Cn1cncn1. The van der Waals surface area contributed by atoms with E-state index in [1.807, 2.05) is 0 Å². The number of nitrogens with zero attached hydrogens (tertiary/aromatic N) is 3. The summed E-state index contributed by atoms with van der Waals surface area (Å²) in [4.78, 5) is 3.93. The summed E-state index contributed by atoms with van der Waals surface area (Å²) in [5.74, 6) is 0. The van der Waals surface area contributed by atoms with Gasteiger partial charge in [-0.2, -0.15) is 5.10 Å². The molecule has 0 aliphatic heterocycles. The van der Waals surface area contributed by atoms with Crippen LogP contribution in [-0.4, -0.2) is 25.5 Å². The van der Waals surface area contributed by atoms with Gasteiger partial charge in [0.25, 0.3) is 0 Å². The van der Waals surface area contributed by atoms with E-state index in [9.17, 15) is 5.11 Å². The van der Waals surface area contributed by atoms with E-state index in [0.29, 0.717) is 32.9 Å². The average Bonchev–Trinajstić information content (AvgIpc) is 3.06. The monoisotopic (exact) mass is 429 g/mol. The normalized spacial score (nSPS) is 11.7. The van der Waals surface area contributed by atoms with Crippen LogP contribution in [0.4, 0.5) is 0 Å². The van der Waals surface area contributed by atoms with Crippen LogP contribution in [0, 0.1) is 0 Å². The Morgan fingerprint density at radius 2 is 1.42 bits per heavy atom. The first-order valence-electron chi connectivity index (χ1n) is 7.77. The van der Waals surface area contributed by atoms with E-state index in [2.05, 4.69) is 10.1 Å². The zero-order valence-electron chi connectivity index (χ0n) is 13.5. The Labute approximate surface area is 171 Å². The van der Waals surface area contributed by atoms with Crippen LogP contribution in [0.1, 0.15) is 11.1 Å². The first kappa shape index (κ1) is 19.5. The van der Waals surface area contributed by atoms with Crippen LogP contribution in [0.3, 0.4) is 0 Å². The molecule has 1 aromatic heterocycles. The molecule has 0 aliphatic carbocycles. The molecule has 0 saturated heterocycles. The van der Waals surface area contributed by atoms with Crippen LogP contribution < -0.4 is 0 Å². The van der Waals surface area contributed by atoms with Crippen molar-refractivity contribution in [2.45, 2.75) is 25.0 Å². The fraction of sp³-hybridized carbons (Fsp3) is 0.222. The van der Waals surface area contributed by atoms with Crippen LogP contribution in [-0.2, 0) is 19.4 Å². The van der Waals surface area contributed by atoms with Gasteiger partial charge in [0.1, 0.15) is 12.7 Å². The molecule has 0 fully saturated rings. The molecule has 8 heteroatoms. The van der Waals surface area contributed by atoms with E-state index in [1.54, 1.807) is 47.4 Å². The Balaban J connectivity index is 1.92. The minimum atomic E-state index is -1.19. The largest absolute Gasteiger partial charge is 0.387 e. The molecule has 2 aromatic carbocycles. The van der Waals surface area contributed by atoms with Gasteiger partial charge < -0.3 is 5.11 Å². The molecule has 1 N–H and O–H groups in total. The second-order valence-corrected chi connectivity index (χ2v) is 7.83. The molecule has 0 radical (unpaired) electrons. The summed E-state index contributed by atoms with van der Waals surface area (Å²) in [6, 6.07) is 10.4. The van der Waals surface area contributed by atoms with Crippen LogP contribution in [0.25, 0.3) is 0 Å². The highest BCUT2D eigenvalue weighted by atomic mass is 35.5. The maximum atomic E-state index is 11.4. The predicted octanol–water partition coefficient (Wildman–Crippen LogP) is 5.11. The van der Waals surface area contributed by atoms with E-state index in [1.165, 1.54) is 6.33 Å². The Kier molecular flexibility index (Phi) is 6.10. The molecule has 0 atom stereocenters. The van der Waals surface area contributed by atoms with E-state index in [-0.39, 0.29) is 6.54 Å². The second kappa shape index (κ2) is 8.15. The van der Waals surface area contributed by atoms with Crippen LogP contribution >= 0.6 is 46.4 Å². The van der Waals surface area contributed by atoms with Crippen molar-refractivity contribution in [1.29, 1.82) is 0 Å². The molecular weight excluding hydrogens is 416 g/mol. The second-order valence-electron chi connectivity index (χ2n) is 6.14. The lowest BCUT2D eigenvalue weighted by molar-refractivity contribution is 0.0198. The maximum Gasteiger partial charge on any atom is 0.137 e. The summed E-state index contributed by atoms with van der Waals surface area (Å²) in [5, 5.41) is 17.6. The molecule has 4 nitrogen and oxygen atoms in total. The van der Waals surface area contributed by atoms with Crippen LogP contribution in [0.5, 0.6) is 0 Å². The molecule has 136 valence electrons. The number of halogens is 4. The van der Waals surface area contributed by atoms with Gasteiger partial charge in [-0.05, 0) is 35.4 Å². The third kappa shape index (κ3) is 4.90. The van der Waals surface area contributed by atoms with Gasteiger partial charge >= 0.3 is 0 Å². The molecule has 0 amide bonds. The van der Waals surface area contributed by atoms with Crippen molar-refractivity contribution >= 4 is 46.4 Å². The fourth-order valence-corrected chi connectivity index (χ4v) is 3.78. The van der Waals surface area contributed by atoms with E-state index in [0.717, 1.165) is 11.1 Å². The summed E-state index contributed by atoms with van der Waals surface area (Å²) >= 11 is 24.5. The highest BCUT2D eigenvalue weighted by Crippen LogP contribution is 2.30. The fourth-order valence-electron chi connectivity index (χ4n) is 2.83. The molecule has 0 spiro atoms. The molecule has 0 saturated carbocycles. The van der Waals surface area contributed by atoms with Gasteiger partial charge in [0.15, 0.2) is 0 Å². The third-order valence-corrected chi connectivity index (χ3v) is 5.17. The zero-order valence-corrected chi connectivity index (χ0v) is 16.6. The molecule has 0 unspecified atom stereocenters. The van der Waals surface area contributed by atoms with E-state index >= 15 is 0 Å². The van der Waals surface area contributed by atoms with Gasteiger partial charge in [-0.25, -0.2) is 4.98 Å². The van der Waals surface area contributed by atoms with Crippen molar-refractivity contribution < 1.29 is 5.11 Å². The maximum absolute atomic E-state index is 11.4. The van der Waals surface area contributed by atoms with E-state index in [4.69, 9.17) is 46.4 Å². The number of benzene rings is 2. The van der Waals surface area contributed by atoms with E-state index < -0.39 is 5.60 Å². The third-order valence-electron chi connectivity index (χ3n) is 3.99. The summed E-state index contributed by atoms with van der Waals surface area (Å²) in [5.41, 5.74) is 0.371. The Morgan fingerprint density at radius 3 is 1.85 bits per heavy atom.